The molecule has 1 fully saturated rings. The number of aromatic hydroxyl groups is 1. The molecule has 0 aliphatic carbocycles. The zero-order chi connectivity index (χ0) is 25.6. The molecule has 0 unspecified atom stereocenters. The third-order valence-corrected chi connectivity index (χ3v) is 4.55. The van der Waals surface area contributed by atoms with Gasteiger partial charge in [-0.15, -0.1) is 0 Å². The van der Waals surface area contributed by atoms with Gasteiger partial charge in [-0.1, -0.05) is 0 Å². The third-order valence-electron chi connectivity index (χ3n) is 4.55. The minimum Gasteiger partial charge on any atom is -0.507 e. The Hall–Kier alpha value is -3.67. The number of hydrogen-bond donors (Lipinski definition) is 1. The van der Waals surface area contributed by atoms with Crippen molar-refractivity contribution in [2.45, 2.75) is 65.3 Å². The number of hydrogen-bond acceptors (Lipinski definition) is 12. The molecule has 186 valence electrons. The molecule has 1 N–H and O–H groups in total. The highest BCUT2D eigenvalue weighted by Gasteiger charge is 2.53. The standard InChI is InChI=1S/C22H26O12/c1-10(23)16-7-6-15(8-17(16)28)33-22-21(32-14(5)27)20(31-13(4)26)19(30-12(3)25)18(34-22)9-29-11(2)24/h6-8,18-22,28H,9H2,1-5H3/t18-,19-,20-,21-,22-/m1/s1. The van der Waals surface area contributed by atoms with Crippen LogP contribution in [0, 0.1) is 0 Å². The van der Waals surface area contributed by atoms with Gasteiger partial charge in [0.25, 0.3) is 0 Å². The Labute approximate surface area is 195 Å². The van der Waals surface area contributed by atoms with Crippen molar-refractivity contribution in [2.75, 3.05) is 6.61 Å². The summed E-state index contributed by atoms with van der Waals surface area (Å²) < 4.78 is 32.4. The summed E-state index contributed by atoms with van der Waals surface area (Å²) in [6.07, 6.45) is -6.77. The van der Waals surface area contributed by atoms with E-state index in [1.807, 2.05) is 0 Å². The molecule has 2 rings (SSSR count). The molecule has 0 saturated carbocycles. The van der Waals surface area contributed by atoms with Gasteiger partial charge in [-0.2, -0.15) is 0 Å². The zero-order valence-electron chi connectivity index (χ0n) is 19.3. The average Bonchev–Trinajstić information content (AvgIpc) is 2.69. The summed E-state index contributed by atoms with van der Waals surface area (Å²) in [6, 6.07) is 3.83. The number of Topliss-reactive ketones (excluding diaryl/α,β-unsaturated/α-hetero) is 1. The van der Waals surface area contributed by atoms with Crippen LogP contribution < -0.4 is 4.74 Å². The summed E-state index contributed by atoms with van der Waals surface area (Å²) in [5, 5.41) is 10.1. The van der Waals surface area contributed by atoms with Crippen LogP contribution in [0.4, 0.5) is 0 Å². The summed E-state index contributed by atoms with van der Waals surface area (Å²) in [5.41, 5.74) is 0.0499. The highest BCUT2D eigenvalue weighted by molar-refractivity contribution is 5.96. The van der Waals surface area contributed by atoms with Gasteiger partial charge < -0.3 is 33.5 Å². The second-order valence-corrected chi connectivity index (χ2v) is 7.42. The van der Waals surface area contributed by atoms with Crippen molar-refractivity contribution >= 4 is 29.7 Å². The smallest absolute Gasteiger partial charge is 0.303 e. The Morgan fingerprint density at radius 1 is 0.824 bits per heavy atom. The predicted molar refractivity (Wildman–Crippen MR) is 111 cm³/mol. The van der Waals surface area contributed by atoms with E-state index in [2.05, 4.69) is 0 Å². The van der Waals surface area contributed by atoms with Crippen LogP contribution in [0.15, 0.2) is 18.2 Å². The molecule has 0 radical (unpaired) electrons. The van der Waals surface area contributed by atoms with Gasteiger partial charge >= 0.3 is 23.9 Å². The molecule has 12 heteroatoms. The van der Waals surface area contributed by atoms with Crippen LogP contribution in [0.5, 0.6) is 11.5 Å². The first-order chi connectivity index (χ1) is 15.9. The Kier molecular flexibility index (Phi) is 8.96. The summed E-state index contributed by atoms with van der Waals surface area (Å²) in [7, 11) is 0. The predicted octanol–water partition coefficient (Wildman–Crippen LogP) is 1.06. The topological polar surface area (TPSA) is 161 Å². The lowest BCUT2D eigenvalue weighted by Gasteiger charge is -2.43. The van der Waals surface area contributed by atoms with Crippen molar-refractivity contribution in [1.82, 2.24) is 0 Å². The molecule has 0 spiro atoms. The average molecular weight is 482 g/mol. The normalized spacial score (nSPS) is 23.9. The summed E-state index contributed by atoms with van der Waals surface area (Å²) in [5.74, 6) is -3.71. The van der Waals surface area contributed by atoms with Gasteiger partial charge in [-0.05, 0) is 19.1 Å². The molecule has 0 aromatic heterocycles. The number of ether oxygens (including phenoxy) is 6. The molecular weight excluding hydrogens is 456 g/mol. The molecule has 12 nitrogen and oxygen atoms in total. The number of rotatable bonds is 8. The van der Waals surface area contributed by atoms with E-state index in [0.29, 0.717) is 0 Å². The largest absolute Gasteiger partial charge is 0.507 e. The maximum absolute atomic E-state index is 11.8. The van der Waals surface area contributed by atoms with Gasteiger partial charge in [0, 0.05) is 33.8 Å². The van der Waals surface area contributed by atoms with Gasteiger partial charge in [0.05, 0.1) is 5.56 Å². The van der Waals surface area contributed by atoms with Crippen molar-refractivity contribution in [3.8, 4) is 11.5 Å². The van der Waals surface area contributed by atoms with Gasteiger partial charge in [-0.3, -0.25) is 24.0 Å². The van der Waals surface area contributed by atoms with Crippen molar-refractivity contribution in [2.24, 2.45) is 0 Å². The number of ketones is 1. The van der Waals surface area contributed by atoms with E-state index in [9.17, 15) is 29.1 Å². The van der Waals surface area contributed by atoms with E-state index in [1.54, 1.807) is 0 Å². The SMILES string of the molecule is CC(=O)OC[C@H]1O[C@@H](Oc2ccc(C(C)=O)c(O)c2)[C@H](OC(C)=O)[C@H](OC(C)=O)[C@@H]1OC(C)=O. The second-order valence-electron chi connectivity index (χ2n) is 7.42. The first-order valence-corrected chi connectivity index (χ1v) is 10.2. The van der Waals surface area contributed by atoms with Crippen LogP contribution in [-0.2, 0) is 42.9 Å². The minimum absolute atomic E-state index is 0.0170. The van der Waals surface area contributed by atoms with Gasteiger partial charge in [0.15, 0.2) is 18.0 Å². The summed E-state index contributed by atoms with van der Waals surface area (Å²) >= 11 is 0. The summed E-state index contributed by atoms with van der Waals surface area (Å²) in [6.45, 7) is 5.32. The van der Waals surface area contributed by atoms with Gasteiger partial charge in [0.1, 0.15) is 24.2 Å². The van der Waals surface area contributed by atoms with E-state index >= 15 is 0 Å². The first-order valence-electron chi connectivity index (χ1n) is 10.2. The lowest BCUT2D eigenvalue weighted by molar-refractivity contribution is -0.288. The fourth-order valence-corrected chi connectivity index (χ4v) is 3.30. The van der Waals surface area contributed by atoms with Gasteiger partial charge in [-0.25, -0.2) is 0 Å². The van der Waals surface area contributed by atoms with Crippen molar-refractivity contribution in [1.29, 1.82) is 0 Å². The number of benzene rings is 1. The van der Waals surface area contributed by atoms with Crippen molar-refractivity contribution in [3.63, 3.8) is 0 Å². The zero-order valence-corrected chi connectivity index (χ0v) is 19.3. The van der Waals surface area contributed by atoms with E-state index in [0.717, 1.165) is 33.8 Å². The molecular formula is C22H26O12. The molecule has 1 aromatic carbocycles. The number of carbonyl (C=O) groups excluding carboxylic acids is 5. The van der Waals surface area contributed by atoms with E-state index in [-0.39, 0.29) is 22.8 Å². The molecule has 0 amide bonds. The molecule has 1 aromatic rings. The highest BCUT2D eigenvalue weighted by atomic mass is 16.7. The van der Waals surface area contributed by atoms with Crippen molar-refractivity contribution in [3.05, 3.63) is 23.8 Å². The maximum Gasteiger partial charge on any atom is 0.303 e. The van der Waals surface area contributed by atoms with E-state index in [1.165, 1.54) is 19.1 Å². The second kappa shape index (κ2) is 11.5. The van der Waals surface area contributed by atoms with Crippen LogP contribution in [0.25, 0.3) is 0 Å². The Balaban J connectivity index is 2.47. The van der Waals surface area contributed by atoms with E-state index in [4.69, 9.17) is 28.4 Å². The molecule has 5 atom stereocenters. The van der Waals surface area contributed by atoms with Gasteiger partial charge in [0.2, 0.25) is 12.4 Å². The Morgan fingerprint density at radius 3 is 1.88 bits per heavy atom. The lowest BCUT2D eigenvalue weighted by Crippen LogP contribution is -2.63. The maximum atomic E-state index is 11.8. The Morgan fingerprint density at radius 2 is 1.38 bits per heavy atom. The minimum atomic E-state index is -1.46. The molecule has 1 aliphatic rings. The number of esters is 4. The molecule has 0 bridgehead atoms. The number of carbonyl (C=O) groups is 5. The monoisotopic (exact) mass is 482 g/mol. The Bertz CT molecular complexity index is 955. The molecule has 1 saturated heterocycles. The van der Waals surface area contributed by atoms with Crippen LogP contribution in [0.3, 0.4) is 0 Å². The fourth-order valence-electron chi connectivity index (χ4n) is 3.30. The van der Waals surface area contributed by atoms with Crippen molar-refractivity contribution < 1.29 is 57.5 Å². The molecule has 1 aliphatic heterocycles. The van der Waals surface area contributed by atoms with E-state index < -0.39 is 61.2 Å². The lowest BCUT2D eigenvalue weighted by atomic mass is 9.98. The van der Waals surface area contributed by atoms with Crippen LogP contribution >= 0.6 is 0 Å². The third kappa shape index (κ3) is 7.17. The fraction of sp³-hybridized carbons (Fsp3) is 0.500. The summed E-state index contributed by atoms with van der Waals surface area (Å²) in [4.78, 5) is 58.3. The quantitative estimate of drug-likeness (QED) is 0.319. The first kappa shape index (κ1) is 26.6. The van der Waals surface area contributed by atoms with Crippen LogP contribution in [-0.4, -0.2) is 72.1 Å². The highest BCUT2D eigenvalue weighted by Crippen LogP contribution is 2.32. The molecule has 1 heterocycles. The molecule has 34 heavy (non-hydrogen) atoms. The van der Waals surface area contributed by atoms with Crippen LogP contribution in [0.1, 0.15) is 45.0 Å². The number of phenolic OH excluding ortho intramolecular Hbond substituents is 1. The number of phenols is 1. The van der Waals surface area contributed by atoms with Crippen LogP contribution in [0.2, 0.25) is 0 Å².